The summed E-state index contributed by atoms with van der Waals surface area (Å²) >= 11 is 0. The van der Waals surface area contributed by atoms with E-state index in [1.165, 1.54) is 5.56 Å². The molecule has 2 rings (SSSR count). The Hall–Kier alpha value is -0.860. The Labute approximate surface area is 98.0 Å². The van der Waals surface area contributed by atoms with Crippen molar-refractivity contribution in [3.63, 3.8) is 0 Å². The molecule has 1 saturated carbocycles. The lowest BCUT2D eigenvalue weighted by Crippen LogP contribution is -2.53. The van der Waals surface area contributed by atoms with Crippen LogP contribution in [0.2, 0.25) is 0 Å². The molecule has 4 N–H and O–H groups in total. The predicted octanol–water partition coefficient (Wildman–Crippen LogP) is 2.42. The lowest BCUT2D eigenvalue weighted by atomic mass is 9.69. The second kappa shape index (κ2) is 4.19. The van der Waals surface area contributed by atoms with E-state index in [4.69, 9.17) is 11.5 Å². The number of hydrogen-bond donors (Lipinski definition) is 2. The van der Waals surface area contributed by atoms with Gasteiger partial charge in [-0.15, -0.1) is 0 Å². The molecule has 0 atom stereocenters. The van der Waals surface area contributed by atoms with Gasteiger partial charge >= 0.3 is 0 Å². The summed E-state index contributed by atoms with van der Waals surface area (Å²) in [5.41, 5.74) is 13.3. The Morgan fingerprint density at radius 1 is 1.00 bits per heavy atom. The van der Waals surface area contributed by atoms with E-state index in [1.54, 1.807) is 0 Å². The molecule has 0 aromatic heterocycles. The smallest absolute Gasteiger partial charge is 0.0637 e. The van der Waals surface area contributed by atoms with Crippen LogP contribution in [0.4, 0.5) is 0 Å². The lowest BCUT2D eigenvalue weighted by molar-refractivity contribution is 0.150. The van der Waals surface area contributed by atoms with Crippen LogP contribution in [0.5, 0.6) is 0 Å². The largest absolute Gasteiger partial charge is 0.313 e. The van der Waals surface area contributed by atoms with Crippen LogP contribution >= 0.6 is 0 Å². The zero-order valence-corrected chi connectivity index (χ0v) is 10.1. The van der Waals surface area contributed by atoms with Crippen molar-refractivity contribution in [3.8, 4) is 0 Å². The first kappa shape index (κ1) is 11.6. The van der Waals surface area contributed by atoms with Crippen molar-refractivity contribution in [2.75, 3.05) is 0 Å². The lowest BCUT2D eigenvalue weighted by Gasteiger charge is -2.41. The highest BCUT2D eigenvalue weighted by Crippen LogP contribution is 2.40. The normalized spacial score (nSPS) is 22.9. The monoisotopic (exact) mass is 218 g/mol. The molecule has 0 heterocycles. The minimum Gasteiger partial charge on any atom is -0.313 e. The highest BCUT2D eigenvalue weighted by Gasteiger charge is 2.35. The van der Waals surface area contributed by atoms with E-state index in [2.05, 4.69) is 37.3 Å². The quantitative estimate of drug-likeness (QED) is 0.749. The maximum atomic E-state index is 5.97. The van der Waals surface area contributed by atoms with Crippen molar-refractivity contribution in [2.24, 2.45) is 16.9 Å². The molecule has 1 aromatic carbocycles. The first-order chi connectivity index (χ1) is 7.49. The van der Waals surface area contributed by atoms with E-state index >= 15 is 0 Å². The summed E-state index contributed by atoms with van der Waals surface area (Å²) in [4.78, 5) is 0. The predicted molar refractivity (Wildman–Crippen MR) is 67.8 cm³/mol. The summed E-state index contributed by atoms with van der Waals surface area (Å²) in [5.74, 6) is 0. The Bertz CT molecular complexity index is 333. The van der Waals surface area contributed by atoms with E-state index in [9.17, 15) is 0 Å². The second-order valence-electron chi connectivity index (χ2n) is 5.71. The van der Waals surface area contributed by atoms with Gasteiger partial charge < -0.3 is 11.5 Å². The SMILES string of the molecule is CC1(Cc2ccccc2)CCC(N)(N)CC1. The molecule has 0 bridgehead atoms. The number of benzene rings is 1. The molecule has 1 aliphatic rings. The summed E-state index contributed by atoms with van der Waals surface area (Å²) in [6, 6.07) is 10.7. The van der Waals surface area contributed by atoms with Crippen LogP contribution in [0.1, 0.15) is 38.2 Å². The van der Waals surface area contributed by atoms with Crippen LogP contribution in [0.25, 0.3) is 0 Å². The number of hydrogen-bond acceptors (Lipinski definition) is 2. The van der Waals surface area contributed by atoms with Crippen molar-refractivity contribution in [2.45, 2.75) is 44.7 Å². The van der Waals surface area contributed by atoms with Crippen LogP contribution in [0, 0.1) is 5.41 Å². The van der Waals surface area contributed by atoms with E-state index < -0.39 is 5.66 Å². The van der Waals surface area contributed by atoms with Gasteiger partial charge in [-0.3, -0.25) is 0 Å². The maximum absolute atomic E-state index is 5.97. The third-order valence-corrected chi connectivity index (χ3v) is 3.86. The van der Waals surface area contributed by atoms with Crippen LogP contribution in [-0.2, 0) is 6.42 Å². The van der Waals surface area contributed by atoms with E-state index in [0.29, 0.717) is 5.41 Å². The highest BCUT2D eigenvalue weighted by molar-refractivity contribution is 5.16. The molecule has 1 aromatic rings. The number of rotatable bonds is 2. The molecule has 2 heteroatoms. The maximum Gasteiger partial charge on any atom is 0.0637 e. The topological polar surface area (TPSA) is 52.0 Å². The minimum absolute atomic E-state index is 0.379. The van der Waals surface area contributed by atoms with Gasteiger partial charge in [-0.25, -0.2) is 0 Å². The van der Waals surface area contributed by atoms with Gasteiger partial charge in [0.05, 0.1) is 5.66 Å². The first-order valence-electron chi connectivity index (χ1n) is 6.11. The van der Waals surface area contributed by atoms with Gasteiger partial charge in [-0.05, 0) is 43.1 Å². The van der Waals surface area contributed by atoms with E-state index in [0.717, 1.165) is 32.1 Å². The highest BCUT2D eigenvalue weighted by atomic mass is 15.0. The third kappa shape index (κ3) is 2.83. The van der Waals surface area contributed by atoms with Gasteiger partial charge in [0, 0.05) is 0 Å². The average Bonchev–Trinajstić information content (AvgIpc) is 2.25. The standard InChI is InChI=1S/C14H22N2/c1-13(7-9-14(15,16)10-8-13)11-12-5-3-2-4-6-12/h2-6H,7-11,15-16H2,1H3. The van der Waals surface area contributed by atoms with Gasteiger partial charge in [0.15, 0.2) is 0 Å². The summed E-state index contributed by atoms with van der Waals surface area (Å²) in [6.45, 7) is 2.36. The van der Waals surface area contributed by atoms with Gasteiger partial charge in [0.25, 0.3) is 0 Å². The average molecular weight is 218 g/mol. The Balaban J connectivity index is 2.00. The molecule has 88 valence electrons. The van der Waals surface area contributed by atoms with Gasteiger partial charge in [-0.1, -0.05) is 37.3 Å². The van der Waals surface area contributed by atoms with Crippen LogP contribution in [-0.4, -0.2) is 5.66 Å². The zero-order valence-electron chi connectivity index (χ0n) is 10.1. The molecular weight excluding hydrogens is 196 g/mol. The second-order valence-corrected chi connectivity index (χ2v) is 5.71. The molecule has 0 amide bonds. The molecule has 1 fully saturated rings. The Kier molecular flexibility index (Phi) is 3.04. The summed E-state index contributed by atoms with van der Waals surface area (Å²) in [6.07, 6.45) is 5.29. The Morgan fingerprint density at radius 2 is 1.56 bits per heavy atom. The molecule has 0 unspecified atom stereocenters. The van der Waals surface area contributed by atoms with Crippen molar-refractivity contribution >= 4 is 0 Å². The van der Waals surface area contributed by atoms with Crippen molar-refractivity contribution < 1.29 is 0 Å². The van der Waals surface area contributed by atoms with Crippen molar-refractivity contribution in [1.29, 1.82) is 0 Å². The first-order valence-corrected chi connectivity index (χ1v) is 6.11. The molecule has 0 spiro atoms. The molecule has 0 aliphatic heterocycles. The molecule has 1 aliphatic carbocycles. The van der Waals surface area contributed by atoms with Gasteiger partial charge in [0.2, 0.25) is 0 Å². The molecule has 16 heavy (non-hydrogen) atoms. The molecule has 0 saturated heterocycles. The molecule has 2 nitrogen and oxygen atoms in total. The van der Waals surface area contributed by atoms with Gasteiger partial charge in [-0.2, -0.15) is 0 Å². The van der Waals surface area contributed by atoms with E-state index in [1.807, 2.05) is 0 Å². The van der Waals surface area contributed by atoms with Gasteiger partial charge in [0.1, 0.15) is 0 Å². The summed E-state index contributed by atoms with van der Waals surface area (Å²) in [5, 5.41) is 0. The van der Waals surface area contributed by atoms with Crippen LogP contribution < -0.4 is 11.5 Å². The molecule has 0 radical (unpaired) electrons. The van der Waals surface area contributed by atoms with Crippen LogP contribution in [0.15, 0.2) is 30.3 Å². The summed E-state index contributed by atoms with van der Waals surface area (Å²) in [7, 11) is 0. The van der Waals surface area contributed by atoms with E-state index in [-0.39, 0.29) is 0 Å². The third-order valence-electron chi connectivity index (χ3n) is 3.86. The fraction of sp³-hybridized carbons (Fsp3) is 0.571. The fourth-order valence-electron chi connectivity index (χ4n) is 2.58. The fourth-order valence-corrected chi connectivity index (χ4v) is 2.58. The summed E-state index contributed by atoms with van der Waals surface area (Å²) < 4.78 is 0. The minimum atomic E-state index is -0.420. The van der Waals surface area contributed by atoms with Crippen molar-refractivity contribution in [1.82, 2.24) is 0 Å². The van der Waals surface area contributed by atoms with Crippen LogP contribution in [0.3, 0.4) is 0 Å². The Morgan fingerprint density at radius 3 is 2.12 bits per heavy atom. The zero-order chi connectivity index (χ0) is 11.6. The van der Waals surface area contributed by atoms with Crippen molar-refractivity contribution in [3.05, 3.63) is 35.9 Å². The molecular formula is C14H22N2. The number of nitrogens with two attached hydrogens (primary N) is 2.